The van der Waals surface area contributed by atoms with Crippen molar-refractivity contribution in [1.82, 2.24) is 15.5 Å². The summed E-state index contributed by atoms with van der Waals surface area (Å²) in [6.45, 7) is 6.10. The number of carbonyl (C=O) groups excluding carboxylic acids is 1. The molecule has 0 aliphatic heterocycles. The molecule has 0 bridgehead atoms. The third-order valence-corrected chi connectivity index (χ3v) is 3.53. The standard InChI is InChI=1S/C17H27ClN4O2.HI/c1-13(2)16(23)20-8-9-21-17(19-3)22(4)10-11-24-15-7-5-6-14(18)12-15;/h5-7,12-13H,8-11H2,1-4H3,(H,19,21)(H,20,23);1H. The van der Waals surface area contributed by atoms with Crippen molar-refractivity contribution in [3.05, 3.63) is 29.3 Å². The van der Waals surface area contributed by atoms with E-state index in [0.29, 0.717) is 31.3 Å². The van der Waals surface area contributed by atoms with Crippen molar-refractivity contribution >= 4 is 47.4 Å². The molecule has 0 unspecified atom stereocenters. The molecule has 2 N–H and O–H groups in total. The Morgan fingerprint density at radius 2 is 2.00 bits per heavy atom. The van der Waals surface area contributed by atoms with E-state index in [2.05, 4.69) is 15.6 Å². The molecule has 1 aromatic rings. The summed E-state index contributed by atoms with van der Waals surface area (Å²) in [5.74, 6) is 1.55. The van der Waals surface area contributed by atoms with Crippen molar-refractivity contribution in [1.29, 1.82) is 0 Å². The number of amides is 1. The highest BCUT2D eigenvalue weighted by Gasteiger charge is 2.07. The Bertz CT molecular complexity index is 555. The van der Waals surface area contributed by atoms with Gasteiger partial charge in [-0.05, 0) is 18.2 Å². The topological polar surface area (TPSA) is 66.0 Å². The second-order valence-corrected chi connectivity index (χ2v) is 6.08. The summed E-state index contributed by atoms with van der Waals surface area (Å²) < 4.78 is 5.67. The van der Waals surface area contributed by atoms with Crippen LogP contribution in [0, 0.1) is 5.92 Å². The quantitative estimate of drug-likeness (QED) is 0.259. The number of guanidine groups is 1. The van der Waals surface area contributed by atoms with E-state index in [-0.39, 0.29) is 35.8 Å². The Morgan fingerprint density at radius 1 is 1.32 bits per heavy atom. The van der Waals surface area contributed by atoms with Crippen molar-refractivity contribution < 1.29 is 9.53 Å². The maximum absolute atomic E-state index is 11.5. The van der Waals surface area contributed by atoms with E-state index in [1.54, 1.807) is 13.1 Å². The predicted octanol–water partition coefficient (Wildman–Crippen LogP) is 2.62. The molecule has 0 radical (unpaired) electrons. The molecule has 0 atom stereocenters. The summed E-state index contributed by atoms with van der Waals surface area (Å²) in [7, 11) is 3.66. The van der Waals surface area contributed by atoms with E-state index in [0.717, 1.165) is 11.7 Å². The Hall–Kier alpha value is -1.22. The number of benzene rings is 1. The number of ether oxygens (including phenoxy) is 1. The number of halogens is 2. The summed E-state index contributed by atoms with van der Waals surface area (Å²) in [6, 6.07) is 7.32. The molecule has 8 heteroatoms. The van der Waals surface area contributed by atoms with Gasteiger partial charge in [-0.25, -0.2) is 0 Å². The molecular weight excluding hydrogens is 455 g/mol. The fraction of sp³-hybridized carbons (Fsp3) is 0.529. The Labute approximate surface area is 172 Å². The maximum Gasteiger partial charge on any atom is 0.222 e. The number of nitrogens with zero attached hydrogens (tertiary/aromatic N) is 2. The van der Waals surface area contributed by atoms with Gasteiger partial charge in [0.2, 0.25) is 5.91 Å². The lowest BCUT2D eigenvalue weighted by molar-refractivity contribution is -0.123. The monoisotopic (exact) mass is 482 g/mol. The Morgan fingerprint density at radius 3 is 2.60 bits per heavy atom. The molecule has 1 amide bonds. The molecule has 0 fully saturated rings. The van der Waals surface area contributed by atoms with Crippen LogP contribution in [-0.4, -0.2) is 57.1 Å². The minimum atomic E-state index is -0.00405. The van der Waals surface area contributed by atoms with Crippen LogP contribution < -0.4 is 15.4 Å². The molecule has 0 saturated heterocycles. The molecule has 6 nitrogen and oxygen atoms in total. The van der Waals surface area contributed by atoms with Crippen molar-refractivity contribution in [3.8, 4) is 5.75 Å². The third-order valence-electron chi connectivity index (χ3n) is 3.30. The zero-order valence-corrected chi connectivity index (χ0v) is 18.3. The largest absolute Gasteiger partial charge is 0.492 e. The van der Waals surface area contributed by atoms with Crippen molar-refractivity contribution in [2.75, 3.05) is 40.3 Å². The molecule has 0 aliphatic carbocycles. The summed E-state index contributed by atoms with van der Waals surface area (Å²) in [4.78, 5) is 17.7. The number of aliphatic imine (C=N–C) groups is 1. The van der Waals surface area contributed by atoms with Crippen LogP contribution in [0.1, 0.15) is 13.8 Å². The molecule has 0 spiro atoms. The zero-order chi connectivity index (χ0) is 17.9. The summed E-state index contributed by atoms with van der Waals surface area (Å²) in [5.41, 5.74) is 0. The van der Waals surface area contributed by atoms with Crippen LogP contribution in [0.2, 0.25) is 5.02 Å². The van der Waals surface area contributed by atoms with Crippen LogP contribution in [0.4, 0.5) is 0 Å². The van der Waals surface area contributed by atoms with Gasteiger partial charge in [-0.15, -0.1) is 24.0 Å². The highest BCUT2D eigenvalue weighted by Crippen LogP contribution is 2.16. The fourth-order valence-corrected chi connectivity index (χ4v) is 2.09. The van der Waals surface area contributed by atoms with E-state index >= 15 is 0 Å². The first-order chi connectivity index (χ1) is 11.4. The van der Waals surface area contributed by atoms with Gasteiger partial charge in [0, 0.05) is 38.1 Å². The van der Waals surface area contributed by atoms with Gasteiger partial charge in [-0.2, -0.15) is 0 Å². The minimum Gasteiger partial charge on any atom is -0.492 e. The number of hydrogen-bond acceptors (Lipinski definition) is 3. The molecule has 142 valence electrons. The van der Waals surface area contributed by atoms with E-state index in [4.69, 9.17) is 16.3 Å². The summed E-state index contributed by atoms with van der Waals surface area (Å²) in [6.07, 6.45) is 0. The molecule has 0 aromatic heterocycles. The van der Waals surface area contributed by atoms with Gasteiger partial charge in [-0.1, -0.05) is 31.5 Å². The second-order valence-electron chi connectivity index (χ2n) is 5.65. The minimum absolute atomic E-state index is 0. The summed E-state index contributed by atoms with van der Waals surface area (Å²) in [5, 5.41) is 6.72. The number of nitrogens with one attached hydrogen (secondary N) is 2. The molecule has 25 heavy (non-hydrogen) atoms. The lowest BCUT2D eigenvalue weighted by atomic mass is 10.2. The second kappa shape index (κ2) is 13.0. The van der Waals surface area contributed by atoms with Gasteiger partial charge in [0.15, 0.2) is 5.96 Å². The highest BCUT2D eigenvalue weighted by molar-refractivity contribution is 14.0. The Kier molecular flexibility index (Phi) is 12.4. The lowest BCUT2D eigenvalue weighted by Gasteiger charge is -2.22. The van der Waals surface area contributed by atoms with E-state index in [1.165, 1.54) is 0 Å². The molecule has 0 heterocycles. The zero-order valence-electron chi connectivity index (χ0n) is 15.2. The molecule has 0 aliphatic rings. The van der Waals surface area contributed by atoms with Gasteiger partial charge >= 0.3 is 0 Å². The average Bonchev–Trinajstić information content (AvgIpc) is 2.54. The van der Waals surface area contributed by atoms with Gasteiger partial charge in [0.05, 0.1) is 6.54 Å². The molecule has 1 aromatic carbocycles. The fourth-order valence-electron chi connectivity index (χ4n) is 1.91. The molecular formula is C17H28ClIN4O2. The van der Waals surface area contributed by atoms with Gasteiger partial charge in [0.25, 0.3) is 0 Å². The van der Waals surface area contributed by atoms with Gasteiger partial charge in [-0.3, -0.25) is 9.79 Å². The molecule has 1 rings (SSSR count). The van der Waals surface area contributed by atoms with Gasteiger partial charge < -0.3 is 20.3 Å². The van der Waals surface area contributed by atoms with Crippen molar-refractivity contribution in [2.45, 2.75) is 13.8 Å². The van der Waals surface area contributed by atoms with Crippen molar-refractivity contribution in [2.24, 2.45) is 10.9 Å². The first-order valence-electron chi connectivity index (χ1n) is 8.02. The first-order valence-corrected chi connectivity index (χ1v) is 8.39. The number of likely N-dealkylation sites (N-methyl/N-ethyl adjacent to an activating group) is 1. The van der Waals surface area contributed by atoms with E-state index < -0.39 is 0 Å². The average molecular weight is 483 g/mol. The number of hydrogen-bond donors (Lipinski definition) is 2. The van der Waals surface area contributed by atoms with Crippen LogP contribution in [0.5, 0.6) is 5.75 Å². The van der Waals surface area contributed by atoms with Crippen LogP contribution in [0.15, 0.2) is 29.3 Å². The third kappa shape index (κ3) is 9.74. The number of carbonyl (C=O) groups is 1. The number of rotatable bonds is 8. The Balaban J connectivity index is 0.00000576. The van der Waals surface area contributed by atoms with Crippen molar-refractivity contribution in [3.63, 3.8) is 0 Å². The predicted molar refractivity (Wildman–Crippen MR) is 114 cm³/mol. The SMILES string of the molecule is CN=C(NCCNC(=O)C(C)C)N(C)CCOc1cccc(Cl)c1.I. The smallest absolute Gasteiger partial charge is 0.222 e. The van der Waals surface area contributed by atoms with Gasteiger partial charge in [0.1, 0.15) is 12.4 Å². The van der Waals surface area contributed by atoms with E-state index in [9.17, 15) is 4.79 Å². The molecule has 0 saturated carbocycles. The highest BCUT2D eigenvalue weighted by atomic mass is 127. The normalized spacial score (nSPS) is 10.9. The van der Waals surface area contributed by atoms with E-state index in [1.807, 2.05) is 44.0 Å². The first kappa shape index (κ1) is 23.8. The summed E-state index contributed by atoms with van der Waals surface area (Å²) >= 11 is 5.92. The maximum atomic E-state index is 11.5. The van der Waals surface area contributed by atoms with Crippen LogP contribution in [0.25, 0.3) is 0 Å². The lowest BCUT2D eigenvalue weighted by Crippen LogP contribution is -2.44. The van der Waals surface area contributed by atoms with Crippen LogP contribution >= 0.6 is 35.6 Å². The van der Waals surface area contributed by atoms with Crippen LogP contribution in [-0.2, 0) is 4.79 Å². The van der Waals surface area contributed by atoms with Crippen LogP contribution in [0.3, 0.4) is 0 Å².